The molecule has 1 aromatic rings. The molecule has 3 heteroatoms. The van der Waals surface area contributed by atoms with Crippen LogP contribution < -0.4 is 4.74 Å². The van der Waals surface area contributed by atoms with Gasteiger partial charge in [0.1, 0.15) is 11.4 Å². The molecule has 0 fully saturated rings. The Labute approximate surface area is 122 Å². The van der Waals surface area contributed by atoms with Crippen LogP contribution in [0.1, 0.15) is 52.5 Å². The zero-order valence-corrected chi connectivity index (χ0v) is 13.4. The van der Waals surface area contributed by atoms with Crippen LogP contribution in [0.5, 0.6) is 5.75 Å². The Morgan fingerprint density at radius 1 is 1.15 bits per heavy atom. The SMILES string of the molecule is COc1ccc(C(CC(=O)C(C)(C)O)C(C)(C)C)cc1. The molecule has 0 spiro atoms. The highest BCUT2D eigenvalue weighted by Crippen LogP contribution is 2.39. The van der Waals surface area contributed by atoms with Gasteiger partial charge >= 0.3 is 0 Å². The highest BCUT2D eigenvalue weighted by molar-refractivity contribution is 5.86. The van der Waals surface area contributed by atoms with E-state index in [1.165, 1.54) is 0 Å². The molecule has 0 aromatic heterocycles. The fraction of sp³-hybridized carbons (Fsp3) is 0.588. The summed E-state index contributed by atoms with van der Waals surface area (Å²) in [5.41, 5.74) is -0.248. The molecule has 20 heavy (non-hydrogen) atoms. The summed E-state index contributed by atoms with van der Waals surface area (Å²) in [4.78, 5) is 12.1. The predicted octanol–water partition coefficient (Wildman–Crippen LogP) is 3.56. The van der Waals surface area contributed by atoms with E-state index >= 15 is 0 Å². The summed E-state index contributed by atoms with van der Waals surface area (Å²) in [6, 6.07) is 7.80. The molecule has 1 unspecified atom stereocenters. The monoisotopic (exact) mass is 278 g/mol. The van der Waals surface area contributed by atoms with Gasteiger partial charge in [0.05, 0.1) is 7.11 Å². The maximum atomic E-state index is 12.1. The van der Waals surface area contributed by atoms with Crippen LogP contribution in [0.2, 0.25) is 0 Å². The highest BCUT2D eigenvalue weighted by atomic mass is 16.5. The fourth-order valence-electron chi connectivity index (χ4n) is 2.20. The first kappa shape index (κ1) is 16.7. The number of rotatable bonds is 5. The number of hydrogen-bond donors (Lipinski definition) is 1. The van der Waals surface area contributed by atoms with Crippen LogP contribution in [0.4, 0.5) is 0 Å². The fourth-order valence-corrected chi connectivity index (χ4v) is 2.20. The molecule has 0 saturated carbocycles. The Morgan fingerprint density at radius 2 is 1.65 bits per heavy atom. The summed E-state index contributed by atoms with van der Waals surface area (Å²) in [5.74, 6) is 0.732. The van der Waals surface area contributed by atoms with Crippen molar-refractivity contribution in [3.05, 3.63) is 29.8 Å². The first-order valence-corrected chi connectivity index (χ1v) is 6.95. The first-order chi connectivity index (χ1) is 9.05. The molecule has 0 radical (unpaired) electrons. The molecule has 0 aliphatic heterocycles. The normalized spacial score (nSPS) is 13.9. The molecule has 0 amide bonds. The summed E-state index contributed by atoms with van der Waals surface area (Å²) in [6.45, 7) is 9.42. The van der Waals surface area contributed by atoms with Crippen molar-refractivity contribution in [2.24, 2.45) is 5.41 Å². The second-order valence-electron chi connectivity index (χ2n) is 6.88. The third-order valence-corrected chi connectivity index (χ3v) is 3.64. The van der Waals surface area contributed by atoms with Crippen molar-refractivity contribution in [1.82, 2.24) is 0 Å². The standard InChI is InChI=1S/C17H26O3/c1-16(2,3)14(11-15(18)17(4,5)19)12-7-9-13(20-6)10-8-12/h7-10,14,19H,11H2,1-6H3. The Hall–Kier alpha value is -1.35. The van der Waals surface area contributed by atoms with Gasteiger partial charge in [-0.1, -0.05) is 32.9 Å². The molecule has 1 rings (SSSR count). The summed E-state index contributed by atoms with van der Waals surface area (Å²) >= 11 is 0. The van der Waals surface area contributed by atoms with E-state index in [-0.39, 0.29) is 17.1 Å². The number of ether oxygens (including phenoxy) is 1. The number of Topliss-reactive ketones (excluding diaryl/α,β-unsaturated/α-hetero) is 1. The van der Waals surface area contributed by atoms with Crippen LogP contribution >= 0.6 is 0 Å². The van der Waals surface area contributed by atoms with Crippen LogP contribution in [0.15, 0.2) is 24.3 Å². The number of methoxy groups -OCH3 is 1. The minimum atomic E-state index is -1.28. The molecule has 1 atom stereocenters. The average Bonchev–Trinajstić information content (AvgIpc) is 2.33. The maximum Gasteiger partial charge on any atom is 0.164 e. The van der Waals surface area contributed by atoms with Crippen molar-refractivity contribution >= 4 is 5.78 Å². The quantitative estimate of drug-likeness (QED) is 0.896. The summed E-state index contributed by atoms with van der Waals surface area (Å²) in [5, 5.41) is 9.86. The number of benzene rings is 1. The molecular weight excluding hydrogens is 252 g/mol. The molecule has 0 saturated heterocycles. The molecule has 1 N–H and O–H groups in total. The van der Waals surface area contributed by atoms with Gasteiger partial charge in [-0.05, 0) is 42.9 Å². The van der Waals surface area contributed by atoms with Crippen LogP contribution in [0.25, 0.3) is 0 Å². The average molecular weight is 278 g/mol. The number of hydrogen-bond acceptors (Lipinski definition) is 3. The molecule has 0 aliphatic rings. The lowest BCUT2D eigenvalue weighted by Gasteiger charge is -2.32. The van der Waals surface area contributed by atoms with E-state index in [9.17, 15) is 9.90 Å². The van der Waals surface area contributed by atoms with Crippen molar-refractivity contribution < 1.29 is 14.6 Å². The van der Waals surface area contributed by atoms with Crippen molar-refractivity contribution in [3.63, 3.8) is 0 Å². The third-order valence-electron chi connectivity index (χ3n) is 3.64. The topological polar surface area (TPSA) is 46.5 Å². The third kappa shape index (κ3) is 4.34. The van der Waals surface area contributed by atoms with E-state index in [0.29, 0.717) is 6.42 Å². The number of ketones is 1. The Balaban J connectivity index is 3.04. The van der Waals surface area contributed by atoms with Crippen LogP contribution in [-0.4, -0.2) is 23.6 Å². The lowest BCUT2D eigenvalue weighted by atomic mass is 9.72. The number of carbonyl (C=O) groups excluding carboxylic acids is 1. The minimum Gasteiger partial charge on any atom is -0.497 e. The van der Waals surface area contributed by atoms with Gasteiger partial charge in [0, 0.05) is 6.42 Å². The maximum absolute atomic E-state index is 12.1. The largest absolute Gasteiger partial charge is 0.497 e. The van der Waals surface area contributed by atoms with Gasteiger partial charge < -0.3 is 9.84 Å². The second-order valence-corrected chi connectivity index (χ2v) is 6.88. The molecule has 0 aliphatic carbocycles. The summed E-state index contributed by atoms with van der Waals surface area (Å²) in [6.07, 6.45) is 0.333. The van der Waals surface area contributed by atoms with Gasteiger partial charge in [0.15, 0.2) is 5.78 Å². The molecular formula is C17H26O3. The molecule has 112 valence electrons. The van der Waals surface area contributed by atoms with Crippen LogP contribution in [0.3, 0.4) is 0 Å². The van der Waals surface area contributed by atoms with E-state index in [1.54, 1.807) is 21.0 Å². The van der Waals surface area contributed by atoms with Crippen molar-refractivity contribution in [1.29, 1.82) is 0 Å². The summed E-state index contributed by atoms with van der Waals surface area (Å²) in [7, 11) is 1.63. The Morgan fingerprint density at radius 3 is 2.00 bits per heavy atom. The first-order valence-electron chi connectivity index (χ1n) is 6.95. The molecule has 0 heterocycles. The van der Waals surface area contributed by atoms with Gasteiger partial charge in [0.25, 0.3) is 0 Å². The van der Waals surface area contributed by atoms with Crippen LogP contribution in [0, 0.1) is 5.41 Å². The number of aliphatic hydroxyl groups is 1. The summed E-state index contributed by atoms with van der Waals surface area (Å²) < 4.78 is 5.16. The Kier molecular flexibility index (Phi) is 4.98. The van der Waals surface area contributed by atoms with Crippen molar-refractivity contribution in [3.8, 4) is 5.75 Å². The van der Waals surface area contributed by atoms with Gasteiger partial charge in [-0.2, -0.15) is 0 Å². The Bertz CT molecular complexity index is 447. The van der Waals surface area contributed by atoms with Crippen molar-refractivity contribution in [2.75, 3.05) is 7.11 Å². The second kappa shape index (κ2) is 5.96. The van der Waals surface area contributed by atoms with E-state index in [0.717, 1.165) is 11.3 Å². The van der Waals surface area contributed by atoms with E-state index in [2.05, 4.69) is 20.8 Å². The van der Waals surface area contributed by atoms with Crippen molar-refractivity contribution in [2.45, 2.75) is 52.6 Å². The predicted molar refractivity (Wildman–Crippen MR) is 81.1 cm³/mol. The lowest BCUT2D eigenvalue weighted by Crippen LogP contribution is -2.34. The number of carbonyl (C=O) groups is 1. The van der Waals surface area contributed by atoms with Gasteiger partial charge in [-0.15, -0.1) is 0 Å². The zero-order chi connectivity index (χ0) is 15.6. The van der Waals surface area contributed by atoms with Crippen LogP contribution in [-0.2, 0) is 4.79 Å². The molecule has 1 aromatic carbocycles. The smallest absolute Gasteiger partial charge is 0.164 e. The molecule has 3 nitrogen and oxygen atoms in total. The van der Waals surface area contributed by atoms with E-state index in [4.69, 9.17) is 4.74 Å². The van der Waals surface area contributed by atoms with Gasteiger partial charge in [0.2, 0.25) is 0 Å². The zero-order valence-electron chi connectivity index (χ0n) is 13.4. The molecule has 0 bridgehead atoms. The van der Waals surface area contributed by atoms with E-state index < -0.39 is 5.60 Å². The van der Waals surface area contributed by atoms with E-state index in [1.807, 2.05) is 24.3 Å². The van der Waals surface area contributed by atoms with Gasteiger partial charge in [-0.25, -0.2) is 0 Å². The lowest BCUT2D eigenvalue weighted by molar-refractivity contribution is -0.135. The highest BCUT2D eigenvalue weighted by Gasteiger charge is 2.33. The van der Waals surface area contributed by atoms with Gasteiger partial charge in [-0.3, -0.25) is 4.79 Å². The minimum absolute atomic E-state index is 0.0600.